The summed E-state index contributed by atoms with van der Waals surface area (Å²) < 4.78 is 12.1. The second kappa shape index (κ2) is 4.22. The summed E-state index contributed by atoms with van der Waals surface area (Å²) in [5.74, 6) is 0. The minimum atomic E-state index is -0.369. The van der Waals surface area contributed by atoms with Crippen molar-refractivity contribution >= 4 is 18.4 Å². The van der Waals surface area contributed by atoms with Gasteiger partial charge in [0.05, 0.1) is 16.8 Å². The summed E-state index contributed by atoms with van der Waals surface area (Å²) >= 11 is 0. The zero-order chi connectivity index (χ0) is 13.7. The van der Waals surface area contributed by atoms with Gasteiger partial charge in [0, 0.05) is 25.0 Å². The largest absolute Gasteiger partial charge is 0.514 e. The van der Waals surface area contributed by atoms with E-state index in [1.165, 1.54) is 12.1 Å². The topological polar surface area (TPSA) is 34.6 Å². The number of pyridine rings is 1. The Balaban J connectivity index is 1.83. The Bertz CT molecular complexity index is 470. The number of anilines is 1. The van der Waals surface area contributed by atoms with Crippen LogP contribution in [0.4, 0.5) is 5.69 Å². The molecule has 0 radical (unpaired) electrons. The van der Waals surface area contributed by atoms with E-state index in [1.54, 1.807) is 0 Å². The van der Waals surface area contributed by atoms with Crippen molar-refractivity contribution in [3.63, 3.8) is 0 Å². The molecule has 2 saturated heterocycles. The molecule has 0 bridgehead atoms. The molecule has 0 N–H and O–H groups in total. The molecule has 2 aliphatic heterocycles. The van der Waals surface area contributed by atoms with Crippen LogP contribution in [0.2, 0.25) is 0 Å². The Morgan fingerprint density at radius 3 is 2.32 bits per heavy atom. The maximum atomic E-state index is 6.03. The number of hydrogen-bond donors (Lipinski definition) is 0. The van der Waals surface area contributed by atoms with Crippen molar-refractivity contribution in [3.8, 4) is 0 Å². The first-order valence-electron chi connectivity index (χ1n) is 6.96. The molecule has 2 aliphatic rings. The van der Waals surface area contributed by atoms with Crippen LogP contribution in [-0.2, 0) is 9.31 Å². The molecule has 3 heterocycles. The molecule has 0 aromatic carbocycles. The minimum Gasteiger partial charge on any atom is -0.398 e. The van der Waals surface area contributed by atoms with Crippen LogP contribution in [0, 0.1) is 0 Å². The molecule has 0 amide bonds. The Morgan fingerprint density at radius 2 is 1.79 bits per heavy atom. The monoisotopic (exact) mass is 260 g/mol. The maximum absolute atomic E-state index is 6.03. The third-order valence-electron chi connectivity index (χ3n) is 4.48. The average Bonchev–Trinajstić information content (AvgIpc) is 2.46. The lowest BCUT2D eigenvalue weighted by atomic mass is 9.84. The van der Waals surface area contributed by atoms with Gasteiger partial charge in [-0.3, -0.25) is 4.98 Å². The van der Waals surface area contributed by atoms with E-state index in [0.717, 1.165) is 18.7 Å². The van der Waals surface area contributed by atoms with Gasteiger partial charge in [-0.25, -0.2) is 0 Å². The molecule has 0 unspecified atom stereocenters. The summed E-state index contributed by atoms with van der Waals surface area (Å²) in [5, 5.41) is 0. The van der Waals surface area contributed by atoms with E-state index in [4.69, 9.17) is 9.31 Å². The summed E-state index contributed by atoms with van der Waals surface area (Å²) in [6.07, 6.45) is 3.11. The normalized spacial score (nSPS) is 24.4. The molecule has 102 valence electrons. The van der Waals surface area contributed by atoms with Gasteiger partial charge in [-0.1, -0.05) is 0 Å². The van der Waals surface area contributed by atoms with Gasteiger partial charge in [-0.05, 0) is 46.2 Å². The molecule has 4 nitrogen and oxygen atoms in total. The lowest BCUT2D eigenvalue weighted by Crippen LogP contribution is -2.41. The fourth-order valence-electron chi connectivity index (χ4n) is 2.30. The zero-order valence-electron chi connectivity index (χ0n) is 12.1. The van der Waals surface area contributed by atoms with E-state index in [2.05, 4.69) is 43.6 Å². The molecule has 0 atom stereocenters. The van der Waals surface area contributed by atoms with Crippen LogP contribution in [0.1, 0.15) is 34.1 Å². The van der Waals surface area contributed by atoms with Crippen LogP contribution < -0.4 is 10.5 Å². The van der Waals surface area contributed by atoms with Gasteiger partial charge >= 0.3 is 7.12 Å². The molecule has 2 fully saturated rings. The van der Waals surface area contributed by atoms with Crippen molar-refractivity contribution in [2.45, 2.75) is 45.3 Å². The van der Waals surface area contributed by atoms with Crippen LogP contribution in [0.25, 0.3) is 0 Å². The summed E-state index contributed by atoms with van der Waals surface area (Å²) in [5.41, 5.74) is 1.45. The number of aromatic nitrogens is 1. The lowest BCUT2D eigenvalue weighted by molar-refractivity contribution is 0.00578. The van der Waals surface area contributed by atoms with Crippen molar-refractivity contribution in [2.75, 3.05) is 18.0 Å². The van der Waals surface area contributed by atoms with E-state index in [-0.39, 0.29) is 18.3 Å². The lowest BCUT2D eigenvalue weighted by Gasteiger charge is -2.33. The molecule has 19 heavy (non-hydrogen) atoms. The third kappa shape index (κ3) is 2.15. The van der Waals surface area contributed by atoms with Crippen molar-refractivity contribution < 1.29 is 9.31 Å². The van der Waals surface area contributed by atoms with Crippen LogP contribution in [0.5, 0.6) is 0 Å². The van der Waals surface area contributed by atoms with Gasteiger partial charge in [0.15, 0.2) is 0 Å². The Labute approximate surface area is 115 Å². The van der Waals surface area contributed by atoms with E-state index in [0.29, 0.717) is 0 Å². The van der Waals surface area contributed by atoms with Gasteiger partial charge < -0.3 is 14.2 Å². The maximum Gasteiger partial charge on any atom is 0.514 e. The first-order valence-corrected chi connectivity index (χ1v) is 6.96. The Kier molecular flexibility index (Phi) is 2.87. The molecule has 3 rings (SSSR count). The van der Waals surface area contributed by atoms with Crippen LogP contribution >= 0.6 is 0 Å². The fraction of sp³-hybridized carbons (Fsp3) is 0.643. The van der Waals surface area contributed by atoms with Gasteiger partial charge in [0.2, 0.25) is 0 Å². The smallest absolute Gasteiger partial charge is 0.398 e. The molecule has 0 aliphatic carbocycles. The van der Waals surface area contributed by atoms with Crippen molar-refractivity contribution in [2.24, 2.45) is 0 Å². The van der Waals surface area contributed by atoms with Crippen LogP contribution in [0.3, 0.4) is 0 Å². The Hall–Kier alpha value is -1.07. The second-order valence-corrected chi connectivity index (χ2v) is 6.37. The first-order chi connectivity index (χ1) is 8.89. The second-order valence-electron chi connectivity index (χ2n) is 6.37. The standard InChI is InChI=1S/C14H21BN2O2/c1-13(2)14(3,4)19-15(18-13)12-10-11(6-7-16-12)17-8-5-9-17/h6-7,10H,5,8-9H2,1-4H3. The molecule has 0 spiro atoms. The summed E-state index contributed by atoms with van der Waals surface area (Å²) in [6.45, 7) is 10.5. The Morgan fingerprint density at radius 1 is 1.16 bits per heavy atom. The van der Waals surface area contributed by atoms with E-state index in [1.807, 2.05) is 12.3 Å². The molecular weight excluding hydrogens is 239 g/mol. The molecular formula is C14H21BN2O2. The summed E-state index contributed by atoms with van der Waals surface area (Å²) in [4.78, 5) is 6.76. The third-order valence-corrected chi connectivity index (χ3v) is 4.48. The van der Waals surface area contributed by atoms with Crippen molar-refractivity contribution in [3.05, 3.63) is 18.3 Å². The zero-order valence-corrected chi connectivity index (χ0v) is 12.1. The fourth-order valence-corrected chi connectivity index (χ4v) is 2.30. The highest BCUT2D eigenvalue weighted by atomic mass is 16.7. The first kappa shape index (κ1) is 12.9. The minimum absolute atomic E-state index is 0.313. The van der Waals surface area contributed by atoms with Crippen molar-refractivity contribution in [1.29, 1.82) is 0 Å². The molecule has 0 saturated carbocycles. The van der Waals surface area contributed by atoms with Gasteiger partial charge in [0.1, 0.15) is 0 Å². The van der Waals surface area contributed by atoms with Gasteiger partial charge in [-0.2, -0.15) is 0 Å². The molecule has 1 aromatic heterocycles. The van der Waals surface area contributed by atoms with Crippen LogP contribution in [0.15, 0.2) is 18.3 Å². The number of rotatable bonds is 2. The van der Waals surface area contributed by atoms with Crippen molar-refractivity contribution in [1.82, 2.24) is 4.98 Å². The predicted octanol–water partition coefficient (Wildman–Crippen LogP) is 1.59. The van der Waals surface area contributed by atoms with E-state index in [9.17, 15) is 0 Å². The van der Waals surface area contributed by atoms with Gasteiger partial charge in [0.25, 0.3) is 0 Å². The summed E-state index contributed by atoms with van der Waals surface area (Å²) in [7, 11) is -0.369. The number of nitrogens with zero attached hydrogens (tertiary/aromatic N) is 2. The van der Waals surface area contributed by atoms with Gasteiger partial charge in [-0.15, -0.1) is 0 Å². The quantitative estimate of drug-likeness (QED) is 0.756. The predicted molar refractivity (Wildman–Crippen MR) is 76.8 cm³/mol. The summed E-state index contributed by atoms with van der Waals surface area (Å²) in [6, 6.07) is 4.13. The SMILES string of the molecule is CC1(C)OB(c2cc(N3CCC3)ccn2)OC1(C)C. The number of hydrogen-bond acceptors (Lipinski definition) is 4. The van der Waals surface area contributed by atoms with Crippen LogP contribution in [-0.4, -0.2) is 36.4 Å². The highest BCUT2D eigenvalue weighted by Gasteiger charge is 2.52. The van der Waals surface area contributed by atoms with E-state index >= 15 is 0 Å². The van der Waals surface area contributed by atoms with E-state index < -0.39 is 0 Å². The highest BCUT2D eigenvalue weighted by molar-refractivity contribution is 6.61. The highest BCUT2D eigenvalue weighted by Crippen LogP contribution is 2.36. The average molecular weight is 260 g/mol. The molecule has 5 heteroatoms. The molecule has 1 aromatic rings.